The van der Waals surface area contributed by atoms with Crippen LogP contribution in [0.5, 0.6) is 0 Å². The predicted molar refractivity (Wildman–Crippen MR) is 57.1 cm³/mol. The molecule has 0 N–H and O–H groups in total. The fraction of sp³-hybridized carbons (Fsp3) is 0.111. The van der Waals surface area contributed by atoms with Crippen LogP contribution in [0.15, 0.2) is 34.2 Å². The maximum absolute atomic E-state index is 4.45. The lowest BCUT2D eigenvalue weighted by molar-refractivity contribution is 1.24. The maximum atomic E-state index is 4.45. The van der Waals surface area contributed by atoms with Crippen molar-refractivity contribution in [2.24, 2.45) is 0 Å². The van der Waals surface area contributed by atoms with E-state index in [0.29, 0.717) is 0 Å². The van der Waals surface area contributed by atoms with Gasteiger partial charge < -0.3 is 0 Å². The minimum absolute atomic E-state index is 1.04. The lowest BCUT2D eigenvalue weighted by Crippen LogP contribution is -1.77. The summed E-state index contributed by atoms with van der Waals surface area (Å²) in [6, 6.07) is 3.94. The van der Waals surface area contributed by atoms with Crippen molar-refractivity contribution in [3.63, 3.8) is 0 Å². The van der Waals surface area contributed by atoms with Crippen LogP contribution in [0.1, 0.15) is 0 Å². The summed E-state index contributed by atoms with van der Waals surface area (Å²) < 4.78 is 1.10. The van der Waals surface area contributed by atoms with E-state index in [9.17, 15) is 0 Å². The largest absolute Gasteiger partial charge is 0.265 e. The highest BCUT2D eigenvalue weighted by atomic mass is 32.2. The van der Waals surface area contributed by atoms with E-state index < -0.39 is 0 Å². The van der Waals surface area contributed by atoms with Gasteiger partial charge in [-0.2, -0.15) is 0 Å². The highest BCUT2D eigenvalue weighted by Crippen LogP contribution is 2.25. The zero-order valence-electron chi connectivity index (χ0n) is 7.10. The maximum Gasteiger partial charge on any atom is 0.150 e. The number of thiazole rings is 1. The third-order valence-electron chi connectivity index (χ3n) is 1.63. The summed E-state index contributed by atoms with van der Waals surface area (Å²) in [6.45, 7) is 0. The molecule has 0 saturated carbocycles. The number of rotatable bonds is 2. The Morgan fingerprint density at radius 3 is 2.69 bits per heavy atom. The SMILES string of the molecule is CSc1nc(-c2ccncc2)cs1. The summed E-state index contributed by atoms with van der Waals surface area (Å²) in [6.07, 6.45) is 5.61. The minimum Gasteiger partial charge on any atom is -0.265 e. The number of hydrogen-bond donors (Lipinski definition) is 0. The van der Waals surface area contributed by atoms with Crippen LogP contribution < -0.4 is 0 Å². The van der Waals surface area contributed by atoms with E-state index in [-0.39, 0.29) is 0 Å². The standard InChI is InChI=1S/C9H8N2S2/c1-12-9-11-8(6-13-9)7-2-4-10-5-3-7/h2-6H,1H3. The third-order valence-corrected chi connectivity index (χ3v) is 3.50. The van der Waals surface area contributed by atoms with Gasteiger partial charge in [-0.15, -0.1) is 11.3 Å². The number of pyridine rings is 1. The van der Waals surface area contributed by atoms with Crippen molar-refractivity contribution >= 4 is 23.1 Å². The molecule has 0 saturated heterocycles. The first-order chi connectivity index (χ1) is 6.40. The molecule has 2 rings (SSSR count). The topological polar surface area (TPSA) is 25.8 Å². The molecular weight excluding hydrogens is 200 g/mol. The van der Waals surface area contributed by atoms with Crippen molar-refractivity contribution in [3.8, 4) is 11.3 Å². The molecule has 0 fully saturated rings. The van der Waals surface area contributed by atoms with E-state index in [0.717, 1.165) is 15.6 Å². The van der Waals surface area contributed by atoms with Gasteiger partial charge >= 0.3 is 0 Å². The molecule has 2 aromatic heterocycles. The molecule has 66 valence electrons. The Bertz CT molecular complexity index is 384. The van der Waals surface area contributed by atoms with E-state index in [2.05, 4.69) is 15.3 Å². The molecular formula is C9H8N2S2. The monoisotopic (exact) mass is 208 g/mol. The molecule has 0 spiro atoms. The van der Waals surface area contributed by atoms with Crippen molar-refractivity contribution in [3.05, 3.63) is 29.9 Å². The number of hydrogen-bond acceptors (Lipinski definition) is 4. The predicted octanol–water partition coefficient (Wildman–Crippen LogP) is 2.93. The van der Waals surface area contributed by atoms with Gasteiger partial charge in [0, 0.05) is 23.3 Å². The van der Waals surface area contributed by atoms with E-state index in [1.54, 1.807) is 35.5 Å². The van der Waals surface area contributed by atoms with Crippen LogP contribution in [0, 0.1) is 0 Å². The lowest BCUT2D eigenvalue weighted by atomic mass is 10.2. The Morgan fingerprint density at radius 1 is 1.31 bits per heavy atom. The van der Waals surface area contributed by atoms with E-state index in [4.69, 9.17) is 0 Å². The van der Waals surface area contributed by atoms with E-state index in [1.165, 1.54) is 0 Å². The first-order valence-electron chi connectivity index (χ1n) is 3.80. The van der Waals surface area contributed by atoms with Crippen LogP contribution in [0.2, 0.25) is 0 Å². The van der Waals surface area contributed by atoms with Crippen LogP contribution in [0.4, 0.5) is 0 Å². The molecule has 0 radical (unpaired) electrons. The summed E-state index contributed by atoms with van der Waals surface area (Å²) in [4.78, 5) is 8.42. The average molecular weight is 208 g/mol. The summed E-state index contributed by atoms with van der Waals surface area (Å²) in [5.41, 5.74) is 2.17. The van der Waals surface area contributed by atoms with Crippen LogP contribution in [0.3, 0.4) is 0 Å². The second-order valence-electron chi connectivity index (χ2n) is 2.44. The van der Waals surface area contributed by atoms with E-state index in [1.807, 2.05) is 18.4 Å². The molecule has 0 aromatic carbocycles. The molecule has 2 aromatic rings. The summed E-state index contributed by atoms with van der Waals surface area (Å²) in [5, 5.41) is 2.07. The highest BCUT2D eigenvalue weighted by Gasteiger charge is 2.01. The second-order valence-corrected chi connectivity index (χ2v) is 4.35. The normalized spacial score (nSPS) is 10.2. The first kappa shape index (κ1) is 8.72. The van der Waals surface area contributed by atoms with Crippen molar-refractivity contribution in [1.82, 2.24) is 9.97 Å². The Hall–Kier alpha value is -0.870. The van der Waals surface area contributed by atoms with Gasteiger partial charge in [0.2, 0.25) is 0 Å². The summed E-state index contributed by atoms with van der Waals surface area (Å²) in [5.74, 6) is 0. The fourth-order valence-corrected chi connectivity index (χ4v) is 2.28. The molecule has 4 heteroatoms. The van der Waals surface area contributed by atoms with Crippen molar-refractivity contribution in [2.75, 3.05) is 6.26 Å². The van der Waals surface area contributed by atoms with Crippen LogP contribution >= 0.6 is 23.1 Å². The third kappa shape index (κ3) is 1.89. The number of thioether (sulfide) groups is 1. The Labute approximate surface area is 85.1 Å². The minimum atomic E-state index is 1.04. The summed E-state index contributed by atoms with van der Waals surface area (Å²) >= 11 is 3.35. The number of nitrogens with zero attached hydrogens (tertiary/aromatic N) is 2. The van der Waals surface area contributed by atoms with Gasteiger partial charge in [-0.05, 0) is 18.4 Å². The van der Waals surface area contributed by atoms with Gasteiger partial charge in [0.15, 0.2) is 0 Å². The molecule has 0 bridgehead atoms. The van der Waals surface area contributed by atoms with Gasteiger partial charge in [0.1, 0.15) is 4.34 Å². The van der Waals surface area contributed by atoms with E-state index >= 15 is 0 Å². The number of aromatic nitrogens is 2. The van der Waals surface area contributed by atoms with Crippen molar-refractivity contribution in [2.45, 2.75) is 4.34 Å². The Morgan fingerprint density at radius 2 is 2.08 bits per heavy atom. The highest BCUT2D eigenvalue weighted by molar-refractivity contribution is 8.00. The molecule has 0 aliphatic heterocycles. The van der Waals surface area contributed by atoms with Crippen LogP contribution in [-0.4, -0.2) is 16.2 Å². The fourth-order valence-electron chi connectivity index (χ4n) is 1.01. The van der Waals surface area contributed by atoms with Gasteiger partial charge in [-0.25, -0.2) is 4.98 Å². The molecule has 0 unspecified atom stereocenters. The Kier molecular flexibility index (Phi) is 2.61. The molecule has 0 amide bonds. The van der Waals surface area contributed by atoms with Crippen molar-refractivity contribution in [1.29, 1.82) is 0 Å². The van der Waals surface area contributed by atoms with Crippen molar-refractivity contribution < 1.29 is 0 Å². The van der Waals surface area contributed by atoms with Crippen LogP contribution in [0.25, 0.3) is 11.3 Å². The second kappa shape index (κ2) is 3.89. The van der Waals surface area contributed by atoms with Gasteiger partial charge in [0.25, 0.3) is 0 Å². The smallest absolute Gasteiger partial charge is 0.150 e. The van der Waals surface area contributed by atoms with Gasteiger partial charge in [0.05, 0.1) is 5.69 Å². The van der Waals surface area contributed by atoms with Gasteiger partial charge in [-0.1, -0.05) is 11.8 Å². The molecule has 0 aliphatic rings. The molecule has 0 aliphatic carbocycles. The molecule has 2 heterocycles. The van der Waals surface area contributed by atoms with Crippen LogP contribution in [-0.2, 0) is 0 Å². The average Bonchev–Trinajstić information content (AvgIpc) is 2.67. The summed E-state index contributed by atoms with van der Waals surface area (Å²) in [7, 11) is 0. The zero-order chi connectivity index (χ0) is 9.10. The zero-order valence-corrected chi connectivity index (χ0v) is 8.73. The van der Waals surface area contributed by atoms with Gasteiger partial charge in [-0.3, -0.25) is 4.98 Å². The Balaban J connectivity index is 2.36. The molecule has 13 heavy (non-hydrogen) atoms. The molecule has 0 atom stereocenters. The lowest BCUT2D eigenvalue weighted by Gasteiger charge is -1.92. The quantitative estimate of drug-likeness (QED) is 0.710. The molecule has 2 nitrogen and oxygen atoms in total. The first-order valence-corrected chi connectivity index (χ1v) is 5.90.